The summed E-state index contributed by atoms with van der Waals surface area (Å²) in [5.41, 5.74) is 3.73. The maximum Gasteiger partial charge on any atom is 0.342 e. The van der Waals surface area contributed by atoms with E-state index in [1.807, 2.05) is 35.3 Å². The number of pyridine rings is 1. The molecule has 3 rings (SSSR count). The fraction of sp³-hybridized carbons (Fsp3) is 0.130. The van der Waals surface area contributed by atoms with Gasteiger partial charge in [0.2, 0.25) is 0 Å². The molecular formula is C23H20BrN3O8. The van der Waals surface area contributed by atoms with Gasteiger partial charge in [-0.3, -0.25) is 9.59 Å². The summed E-state index contributed by atoms with van der Waals surface area (Å²) >= 11 is 3.27. The first-order valence-corrected chi connectivity index (χ1v) is 10.8. The van der Waals surface area contributed by atoms with Gasteiger partial charge in [-0.05, 0) is 39.2 Å². The third-order valence-corrected chi connectivity index (χ3v) is 5.46. The van der Waals surface area contributed by atoms with Gasteiger partial charge in [0.15, 0.2) is 18.1 Å². The lowest BCUT2D eigenvalue weighted by atomic mass is 9.95. The van der Waals surface area contributed by atoms with Crippen molar-refractivity contribution in [2.24, 2.45) is 0 Å². The number of carbonyl (C=O) groups is 3. The van der Waals surface area contributed by atoms with Crippen LogP contribution in [0.25, 0.3) is 11.1 Å². The van der Waals surface area contributed by atoms with E-state index in [1.165, 1.54) is 19.2 Å². The van der Waals surface area contributed by atoms with E-state index in [0.29, 0.717) is 6.54 Å². The van der Waals surface area contributed by atoms with E-state index < -0.39 is 45.9 Å². The zero-order valence-corrected chi connectivity index (χ0v) is 19.8. The number of nitrogens with one attached hydrogen (secondary N) is 2. The molecule has 1 amide bonds. The normalized spacial score (nSPS) is 10.5. The molecule has 35 heavy (non-hydrogen) atoms. The average molecular weight is 546 g/mol. The molecule has 182 valence electrons. The summed E-state index contributed by atoms with van der Waals surface area (Å²) in [5, 5.41) is 21.9. The minimum absolute atomic E-state index is 0.0159. The predicted molar refractivity (Wildman–Crippen MR) is 129 cm³/mol. The number of hydrogen-bond donors (Lipinski definition) is 5. The predicted octanol–water partition coefficient (Wildman–Crippen LogP) is 2.49. The molecule has 12 heteroatoms. The Labute approximate surface area is 206 Å². The molecule has 0 aliphatic heterocycles. The Morgan fingerprint density at radius 1 is 1.09 bits per heavy atom. The molecule has 0 fully saturated rings. The number of carboxylic acid groups (broad SMARTS) is 2. The van der Waals surface area contributed by atoms with Gasteiger partial charge in [0.25, 0.3) is 11.5 Å². The highest BCUT2D eigenvalue weighted by Gasteiger charge is 2.28. The van der Waals surface area contributed by atoms with Crippen LogP contribution in [0, 0.1) is 0 Å². The van der Waals surface area contributed by atoms with Crippen LogP contribution in [0.5, 0.6) is 11.5 Å². The van der Waals surface area contributed by atoms with E-state index in [1.54, 1.807) is 0 Å². The number of nitrogens with two attached hydrogens (primary N) is 1. The molecule has 11 nitrogen and oxygen atoms in total. The second-order valence-corrected chi connectivity index (χ2v) is 8.00. The molecule has 0 radical (unpaired) electrons. The zero-order valence-electron chi connectivity index (χ0n) is 18.3. The highest BCUT2D eigenvalue weighted by molar-refractivity contribution is 9.10. The van der Waals surface area contributed by atoms with Crippen LogP contribution in [0.3, 0.4) is 0 Å². The number of benzene rings is 2. The molecular weight excluding hydrogens is 526 g/mol. The van der Waals surface area contributed by atoms with E-state index in [0.717, 1.165) is 5.56 Å². The number of rotatable bonds is 9. The van der Waals surface area contributed by atoms with Gasteiger partial charge in [0, 0.05) is 12.1 Å². The third kappa shape index (κ3) is 5.61. The summed E-state index contributed by atoms with van der Waals surface area (Å²) in [6, 6.07) is 11.9. The topological polar surface area (TPSA) is 181 Å². The van der Waals surface area contributed by atoms with E-state index in [9.17, 15) is 29.4 Å². The van der Waals surface area contributed by atoms with Crippen LogP contribution in [-0.4, -0.2) is 46.8 Å². The van der Waals surface area contributed by atoms with Crippen LogP contribution >= 0.6 is 15.9 Å². The molecule has 0 aliphatic carbocycles. The number of aromatic nitrogens is 1. The molecule has 0 spiro atoms. The van der Waals surface area contributed by atoms with Crippen molar-refractivity contribution in [3.05, 3.63) is 74.0 Å². The molecule has 0 aliphatic rings. The van der Waals surface area contributed by atoms with Gasteiger partial charge in [-0.2, -0.15) is 0 Å². The van der Waals surface area contributed by atoms with E-state index >= 15 is 0 Å². The molecule has 1 aromatic heterocycles. The van der Waals surface area contributed by atoms with Crippen molar-refractivity contribution in [2.75, 3.05) is 19.5 Å². The molecule has 6 N–H and O–H groups in total. The number of hydrogen-bond acceptors (Lipinski definition) is 7. The first-order chi connectivity index (χ1) is 16.6. The Morgan fingerprint density at radius 2 is 1.74 bits per heavy atom. The second kappa shape index (κ2) is 10.7. The quantitative estimate of drug-likeness (QED) is 0.269. The first-order valence-electron chi connectivity index (χ1n) is 9.97. The lowest BCUT2D eigenvalue weighted by molar-refractivity contribution is -0.123. The Hall–Kier alpha value is -4.32. The second-order valence-electron chi connectivity index (χ2n) is 7.14. The molecule has 0 atom stereocenters. The molecule has 0 bridgehead atoms. The number of nitrogen functional groups attached to an aromatic ring is 1. The van der Waals surface area contributed by atoms with Crippen molar-refractivity contribution in [3.8, 4) is 22.6 Å². The van der Waals surface area contributed by atoms with E-state index in [4.69, 9.17) is 15.2 Å². The van der Waals surface area contributed by atoms with Gasteiger partial charge in [-0.15, -0.1) is 0 Å². The van der Waals surface area contributed by atoms with Crippen molar-refractivity contribution in [3.63, 3.8) is 0 Å². The van der Waals surface area contributed by atoms with Gasteiger partial charge >= 0.3 is 11.9 Å². The van der Waals surface area contributed by atoms with Gasteiger partial charge in [-0.25, -0.2) is 9.59 Å². The third-order valence-electron chi connectivity index (χ3n) is 4.87. The summed E-state index contributed by atoms with van der Waals surface area (Å²) in [4.78, 5) is 50.2. The summed E-state index contributed by atoms with van der Waals surface area (Å²) in [5.74, 6) is -3.94. The monoisotopic (exact) mass is 545 g/mol. The molecule has 0 saturated carbocycles. The summed E-state index contributed by atoms with van der Waals surface area (Å²) in [7, 11) is 1.30. The average Bonchev–Trinajstić information content (AvgIpc) is 2.81. The number of H-pyrrole nitrogens is 1. The number of methoxy groups -OCH3 is 1. The fourth-order valence-electron chi connectivity index (χ4n) is 3.32. The largest absolute Gasteiger partial charge is 0.493 e. The minimum Gasteiger partial charge on any atom is -0.493 e. The number of carbonyl (C=O) groups excluding carboxylic acids is 1. The van der Waals surface area contributed by atoms with Gasteiger partial charge in [0.05, 0.1) is 11.6 Å². The highest BCUT2D eigenvalue weighted by Crippen LogP contribution is 2.41. The Kier molecular flexibility index (Phi) is 7.76. The molecule has 0 unspecified atom stereocenters. The van der Waals surface area contributed by atoms with Gasteiger partial charge < -0.3 is 35.7 Å². The number of aromatic carboxylic acids is 2. The molecule has 3 aromatic rings. The summed E-state index contributed by atoms with van der Waals surface area (Å²) < 4.78 is 11.1. The number of anilines is 1. The smallest absolute Gasteiger partial charge is 0.342 e. The Balaban J connectivity index is 1.95. The Bertz CT molecular complexity index is 1360. The van der Waals surface area contributed by atoms with Crippen molar-refractivity contribution in [2.45, 2.75) is 6.54 Å². The fourth-order valence-corrected chi connectivity index (χ4v) is 3.88. The molecule has 1 heterocycles. The van der Waals surface area contributed by atoms with Crippen LogP contribution < -0.4 is 26.1 Å². The zero-order chi connectivity index (χ0) is 25.7. The maximum atomic E-state index is 12.3. The van der Waals surface area contributed by atoms with Gasteiger partial charge in [-0.1, -0.05) is 30.3 Å². The highest BCUT2D eigenvalue weighted by atomic mass is 79.9. The molecule has 2 aromatic carbocycles. The van der Waals surface area contributed by atoms with Crippen LogP contribution in [0.15, 0.2) is 51.7 Å². The van der Waals surface area contributed by atoms with Crippen LogP contribution in [-0.2, 0) is 11.3 Å². The molecule has 0 saturated heterocycles. The number of amides is 1. The number of aromatic amines is 1. The minimum atomic E-state index is -1.64. The van der Waals surface area contributed by atoms with Crippen LogP contribution in [0.2, 0.25) is 0 Å². The van der Waals surface area contributed by atoms with Crippen LogP contribution in [0.4, 0.5) is 5.82 Å². The maximum absolute atomic E-state index is 12.3. The SMILES string of the molecule is COc1cc(-c2c(C(=O)O)c(N)[nH]c(=O)c2C(=O)O)cc(Br)c1OCC(=O)NCc1ccccc1. The van der Waals surface area contributed by atoms with Crippen LogP contribution in [0.1, 0.15) is 26.3 Å². The lowest BCUT2D eigenvalue weighted by Crippen LogP contribution is -2.28. The van der Waals surface area contributed by atoms with Crippen molar-refractivity contribution in [1.29, 1.82) is 0 Å². The number of halogens is 1. The van der Waals surface area contributed by atoms with Crippen molar-refractivity contribution >= 4 is 39.6 Å². The van der Waals surface area contributed by atoms with Gasteiger partial charge in [0.1, 0.15) is 16.9 Å². The number of carboxylic acids is 2. The summed E-state index contributed by atoms with van der Waals surface area (Å²) in [6.07, 6.45) is 0. The Morgan fingerprint density at radius 3 is 2.34 bits per heavy atom. The van der Waals surface area contributed by atoms with Crippen molar-refractivity contribution < 1.29 is 34.1 Å². The number of ether oxygens (including phenoxy) is 2. The lowest BCUT2D eigenvalue weighted by Gasteiger charge is -2.17. The van der Waals surface area contributed by atoms with Crippen molar-refractivity contribution in [1.82, 2.24) is 10.3 Å². The summed E-state index contributed by atoms with van der Waals surface area (Å²) in [6.45, 7) is -0.0555. The van der Waals surface area contributed by atoms with E-state index in [2.05, 4.69) is 21.2 Å². The standard InChI is InChI=1S/C23H20BrN3O8/c1-34-14-8-12(16-17(22(30)31)20(25)27-21(29)18(16)23(32)33)7-13(24)19(14)35-10-15(28)26-9-11-5-3-2-4-6-11/h2-8H,9-10H2,1H3,(H,26,28)(H,30,31)(H,32,33)(H3,25,27,29). The first kappa shape index (κ1) is 25.3. The van der Waals surface area contributed by atoms with E-state index in [-0.39, 0.29) is 28.1 Å².